The van der Waals surface area contributed by atoms with Crippen molar-refractivity contribution in [2.45, 2.75) is 58.8 Å². The number of hydrogen-bond donors (Lipinski definition) is 1. The molecule has 0 saturated heterocycles. The van der Waals surface area contributed by atoms with Crippen LogP contribution in [0.25, 0.3) is 0 Å². The zero-order valence-corrected chi connectivity index (χ0v) is 22.4. The normalized spacial score (nSPS) is 10.8. The lowest BCUT2D eigenvalue weighted by Crippen LogP contribution is -2.49. The lowest BCUT2D eigenvalue weighted by Gasteiger charge is -2.34. The van der Waals surface area contributed by atoms with Crippen molar-refractivity contribution in [2.24, 2.45) is 0 Å². The maximum Gasteiger partial charge on any atom is 0.333 e. The molecule has 11 nitrogen and oxygen atoms in total. The molecule has 0 atom stereocenters. The summed E-state index contributed by atoms with van der Waals surface area (Å²) in [4.78, 5) is 57.4. The van der Waals surface area contributed by atoms with E-state index in [2.05, 4.69) is 13.2 Å². The van der Waals surface area contributed by atoms with E-state index < -0.39 is 29.8 Å². The quantitative estimate of drug-likeness (QED) is 0.0776. The minimum atomic E-state index is -0.861. The highest BCUT2D eigenvalue weighted by Gasteiger charge is 2.23. The van der Waals surface area contributed by atoms with Crippen LogP contribution in [0, 0.1) is 0 Å². The average molecular weight is 529 g/mol. The Labute approximate surface area is 219 Å². The van der Waals surface area contributed by atoms with E-state index in [1.807, 2.05) is 7.05 Å². The molecular formula is C26H42NO10+. The van der Waals surface area contributed by atoms with Crippen LogP contribution in [0.2, 0.25) is 0 Å². The van der Waals surface area contributed by atoms with Gasteiger partial charge in [0.2, 0.25) is 0 Å². The van der Waals surface area contributed by atoms with Gasteiger partial charge < -0.3 is 28.5 Å². The molecule has 0 aromatic rings. The van der Waals surface area contributed by atoms with Gasteiger partial charge in [0.05, 0.1) is 26.8 Å². The van der Waals surface area contributed by atoms with E-state index in [4.69, 9.17) is 24.1 Å². The van der Waals surface area contributed by atoms with Crippen LogP contribution in [0.15, 0.2) is 24.3 Å². The van der Waals surface area contributed by atoms with Crippen LogP contribution >= 0.6 is 0 Å². The Kier molecular flexibility index (Phi) is 17.3. The predicted octanol–water partition coefficient (Wildman–Crippen LogP) is 2.57. The molecule has 37 heavy (non-hydrogen) atoms. The van der Waals surface area contributed by atoms with Gasteiger partial charge in [-0.3, -0.25) is 14.4 Å². The van der Waals surface area contributed by atoms with Gasteiger partial charge in [-0.05, 0) is 39.5 Å². The molecule has 0 heterocycles. The van der Waals surface area contributed by atoms with E-state index in [1.54, 1.807) is 13.8 Å². The van der Waals surface area contributed by atoms with Gasteiger partial charge in [-0.25, -0.2) is 9.59 Å². The van der Waals surface area contributed by atoms with Crippen molar-refractivity contribution >= 4 is 29.8 Å². The summed E-state index contributed by atoms with van der Waals surface area (Å²) in [7, 11) is 1.93. The molecule has 11 heteroatoms. The lowest BCUT2D eigenvalue weighted by atomic mass is 10.2. The van der Waals surface area contributed by atoms with Gasteiger partial charge in [-0.15, -0.1) is 0 Å². The minimum Gasteiger partial charge on any atom is -0.481 e. The number of ether oxygens (including phenoxy) is 4. The molecule has 0 bridgehead atoms. The van der Waals surface area contributed by atoms with Crippen LogP contribution in [-0.2, 0) is 42.9 Å². The van der Waals surface area contributed by atoms with Crippen molar-refractivity contribution in [3.8, 4) is 0 Å². The van der Waals surface area contributed by atoms with Crippen molar-refractivity contribution in [1.29, 1.82) is 0 Å². The number of hydrogen-bond acceptors (Lipinski definition) is 9. The van der Waals surface area contributed by atoms with Gasteiger partial charge in [0.15, 0.2) is 0 Å². The Morgan fingerprint density at radius 2 is 1.05 bits per heavy atom. The fourth-order valence-electron chi connectivity index (χ4n) is 3.02. The van der Waals surface area contributed by atoms with E-state index in [0.29, 0.717) is 49.8 Å². The Bertz CT molecular complexity index is 753. The SMILES string of the molecule is C=C(C)C(=O)OCCCC(=O)OCC[N+](C)(CCCCC(=O)O)CCOC(=O)CCCOC(=O)C(=C)C. The summed E-state index contributed by atoms with van der Waals surface area (Å²) in [6, 6.07) is 0. The number of quaternary nitrogens is 1. The summed E-state index contributed by atoms with van der Waals surface area (Å²) in [6.07, 6.45) is 2.09. The summed E-state index contributed by atoms with van der Waals surface area (Å²) in [5, 5.41) is 8.86. The fraction of sp³-hybridized carbons (Fsp3) is 0.654. The van der Waals surface area contributed by atoms with Gasteiger partial charge in [0.1, 0.15) is 26.3 Å². The minimum absolute atomic E-state index is 0.0654. The van der Waals surface area contributed by atoms with Crippen LogP contribution in [0.3, 0.4) is 0 Å². The maximum atomic E-state index is 12.0. The predicted molar refractivity (Wildman–Crippen MR) is 134 cm³/mol. The smallest absolute Gasteiger partial charge is 0.333 e. The van der Waals surface area contributed by atoms with Crippen molar-refractivity contribution in [2.75, 3.05) is 53.1 Å². The topological polar surface area (TPSA) is 143 Å². The lowest BCUT2D eigenvalue weighted by molar-refractivity contribution is -0.910. The summed E-state index contributed by atoms with van der Waals surface area (Å²) in [6.45, 7) is 12.1. The molecule has 0 spiro atoms. The van der Waals surface area contributed by atoms with E-state index >= 15 is 0 Å². The number of aliphatic carboxylic acids is 1. The van der Waals surface area contributed by atoms with Gasteiger partial charge in [-0.2, -0.15) is 0 Å². The first-order valence-electron chi connectivity index (χ1n) is 12.4. The van der Waals surface area contributed by atoms with Crippen molar-refractivity contribution < 1.29 is 52.5 Å². The number of rotatable bonds is 21. The standard InChI is InChI=1S/C26H41NO10/c1-20(2)25(32)36-16-8-11-23(30)34-18-14-27(5,13-7-6-10-22(28)29)15-19-35-24(31)12-9-17-37-26(33)21(3)4/h1,3,6-19H2,2,4-5H3/p+1. The third-order valence-electron chi connectivity index (χ3n) is 5.34. The second kappa shape index (κ2) is 19.0. The first-order valence-corrected chi connectivity index (χ1v) is 12.4. The number of esters is 4. The van der Waals surface area contributed by atoms with Crippen LogP contribution in [0.1, 0.15) is 58.8 Å². The number of carboxylic acids is 1. The molecule has 0 saturated carbocycles. The van der Waals surface area contributed by atoms with Crippen molar-refractivity contribution in [3.05, 3.63) is 24.3 Å². The number of likely N-dealkylation sites (N-methyl/N-ethyl adjacent to an activating group) is 1. The number of nitrogens with zero attached hydrogens (tertiary/aromatic N) is 1. The largest absolute Gasteiger partial charge is 0.481 e. The van der Waals surface area contributed by atoms with Gasteiger partial charge in [0.25, 0.3) is 0 Å². The highest BCUT2D eigenvalue weighted by molar-refractivity contribution is 5.87. The van der Waals surface area contributed by atoms with Crippen LogP contribution in [-0.4, -0.2) is 92.5 Å². The van der Waals surface area contributed by atoms with E-state index in [0.717, 1.165) is 0 Å². The molecular weight excluding hydrogens is 486 g/mol. The molecule has 0 aromatic heterocycles. The van der Waals surface area contributed by atoms with Crippen LogP contribution in [0.5, 0.6) is 0 Å². The fourth-order valence-corrected chi connectivity index (χ4v) is 3.02. The molecule has 0 aliphatic carbocycles. The third-order valence-corrected chi connectivity index (χ3v) is 5.34. The molecule has 210 valence electrons. The zero-order chi connectivity index (χ0) is 28.3. The average Bonchev–Trinajstić information content (AvgIpc) is 2.81. The first-order chi connectivity index (χ1) is 17.4. The molecule has 0 rings (SSSR count). The van der Waals surface area contributed by atoms with Crippen LogP contribution in [0.4, 0.5) is 0 Å². The Morgan fingerprint density at radius 3 is 1.43 bits per heavy atom. The number of carbonyl (C=O) groups excluding carboxylic acids is 4. The number of unbranched alkanes of at least 4 members (excludes halogenated alkanes) is 1. The Balaban J connectivity index is 4.46. The Hall–Kier alpha value is -3.21. The summed E-state index contributed by atoms with van der Waals surface area (Å²) in [5.41, 5.74) is 0.579. The molecule has 0 aliphatic heterocycles. The molecule has 0 radical (unpaired) electrons. The summed E-state index contributed by atoms with van der Waals surface area (Å²) in [5.74, 6) is -2.70. The Morgan fingerprint density at radius 1 is 0.622 bits per heavy atom. The van der Waals surface area contributed by atoms with Crippen molar-refractivity contribution in [1.82, 2.24) is 0 Å². The molecule has 0 amide bonds. The van der Waals surface area contributed by atoms with Crippen LogP contribution < -0.4 is 0 Å². The number of carbonyl (C=O) groups is 5. The maximum absolute atomic E-state index is 12.0. The van der Waals surface area contributed by atoms with Gasteiger partial charge in [-0.1, -0.05) is 13.2 Å². The molecule has 1 N–H and O–H groups in total. The molecule has 0 fully saturated rings. The van der Waals surface area contributed by atoms with Gasteiger partial charge >= 0.3 is 29.8 Å². The van der Waals surface area contributed by atoms with Gasteiger partial charge in [0, 0.05) is 30.4 Å². The number of carboxylic acid groups (broad SMARTS) is 1. The molecule has 0 aromatic carbocycles. The molecule has 0 aliphatic rings. The highest BCUT2D eigenvalue weighted by atomic mass is 16.5. The first kappa shape index (κ1) is 33.8. The molecule has 0 unspecified atom stereocenters. The van der Waals surface area contributed by atoms with E-state index in [9.17, 15) is 24.0 Å². The summed E-state index contributed by atoms with van der Waals surface area (Å²) < 4.78 is 20.9. The summed E-state index contributed by atoms with van der Waals surface area (Å²) >= 11 is 0. The monoisotopic (exact) mass is 528 g/mol. The third kappa shape index (κ3) is 18.7. The van der Waals surface area contributed by atoms with E-state index in [1.165, 1.54) is 0 Å². The highest BCUT2D eigenvalue weighted by Crippen LogP contribution is 2.09. The van der Waals surface area contributed by atoms with E-state index in [-0.39, 0.29) is 56.8 Å². The second-order valence-electron chi connectivity index (χ2n) is 9.12. The zero-order valence-electron chi connectivity index (χ0n) is 22.4. The van der Waals surface area contributed by atoms with Crippen molar-refractivity contribution in [3.63, 3.8) is 0 Å². The second-order valence-corrected chi connectivity index (χ2v) is 9.12.